The van der Waals surface area contributed by atoms with E-state index in [0.29, 0.717) is 24.3 Å². The van der Waals surface area contributed by atoms with Crippen molar-refractivity contribution in [3.05, 3.63) is 34.9 Å². The number of hydrogen-bond donors (Lipinski definition) is 1. The second-order valence-electron chi connectivity index (χ2n) is 5.51. The van der Waals surface area contributed by atoms with Gasteiger partial charge in [0.1, 0.15) is 0 Å². The Labute approximate surface area is 118 Å². The molecule has 3 nitrogen and oxygen atoms in total. The third-order valence-electron chi connectivity index (χ3n) is 4.28. The lowest BCUT2D eigenvalue weighted by Gasteiger charge is -2.44. The minimum atomic E-state index is 0.304. The molecule has 0 saturated carbocycles. The van der Waals surface area contributed by atoms with Crippen LogP contribution in [-0.2, 0) is 11.3 Å². The number of fused-ring (bicyclic) bond motifs is 1. The first kappa shape index (κ1) is 12.9. The molecule has 0 aliphatic carbocycles. The van der Waals surface area contributed by atoms with Gasteiger partial charge in [-0.05, 0) is 49.5 Å². The topological polar surface area (TPSA) is 32.3 Å². The number of benzene rings is 1. The first-order valence-electron chi connectivity index (χ1n) is 6.98. The molecule has 3 rings (SSSR count). The van der Waals surface area contributed by atoms with E-state index in [1.54, 1.807) is 0 Å². The first-order chi connectivity index (χ1) is 9.24. The van der Waals surface area contributed by atoms with Crippen LogP contribution in [0.15, 0.2) is 24.3 Å². The molecule has 0 spiro atoms. The van der Waals surface area contributed by atoms with E-state index in [2.05, 4.69) is 10.2 Å². The fourth-order valence-electron chi connectivity index (χ4n) is 3.24. The van der Waals surface area contributed by atoms with Gasteiger partial charge < -0.3 is 10.2 Å². The molecule has 2 aliphatic rings. The van der Waals surface area contributed by atoms with Crippen molar-refractivity contribution in [1.82, 2.24) is 10.2 Å². The zero-order valence-electron chi connectivity index (χ0n) is 10.9. The van der Waals surface area contributed by atoms with Gasteiger partial charge in [0.05, 0.1) is 0 Å². The number of nitrogens with one attached hydrogen (secondary N) is 1. The predicted molar refractivity (Wildman–Crippen MR) is 76.0 cm³/mol. The molecule has 2 heterocycles. The molecule has 2 saturated heterocycles. The Balaban J connectivity index is 1.76. The average molecular weight is 279 g/mol. The summed E-state index contributed by atoms with van der Waals surface area (Å²) in [5.41, 5.74) is 1.16. The Bertz CT molecular complexity index is 460. The van der Waals surface area contributed by atoms with Crippen LogP contribution >= 0.6 is 11.6 Å². The van der Waals surface area contributed by atoms with Crippen LogP contribution < -0.4 is 5.32 Å². The number of amides is 1. The fraction of sp³-hybridized carbons (Fsp3) is 0.533. The third kappa shape index (κ3) is 2.77. The lowest BCUT2D eigenvalue weighted by atomic mass is 9.84. The summed E-state index contributed by atoms with van der Waals surface area (Å²) in [4.78, 5) is 14.3. The molecule has 1 aromatic rings. The van der Waals surface area contributed by atoms with Crippen molar-refractivity contribution in [3.8, 4) is 0 Å². The van der Waals surface area contributed by atoms with Gasteiger partial charge in [-0.1, -0.05) is 23.7 Å². The Morgan fingerprint density at radius 2 is 2.05 bits per heavy atom. The molecule has 2 atom stereocenters. The van der Waals surface area contributed by atoms with Crippen LogP contribution in [0, 0.1) is 5.92 Å². The van der Waals surface area contributed by atoms with E-state index in [0.717, 1.165) is 43.1 Å². The van der Waals surface area contributed by atoms with Gasteiger partial charge in [0.2, 0.25) is 5.91 Å². The first-order valence-corrected chi connectivity index (χ1v) is 7.36. The lowest BCUT2D eigenvalue weighted by Crippen LogP contribution is -2.54. The van der Waals surface area contributed by atoms with Crippen LogP contribution in [0.25, 0.3) is 0 Å². The van der Waals surface area contributed by atoms with Gasteiger partial charge >= 0.3 is 0 Å². The molecule has 0 aromatic heterocycles. The van der Waals surface area contributed by atoms with E-state index in [-0.39, 0.29) is 0 Å². The molecule has 4 heteroatoms. The van der Waals surface area contributed by atoms with Gasteiger partial charge in [-0.3, -0.25) is 4.79 Å². The van der Waals surface area contributed by atoms with Crippen molar-refractivity contribution in [1.29, 1.82) is 0 Å². The lowest BCUT2D eigenvalue weighted by molar-refractivity contribution is -0.140. The Morgan fingerprint density at radius 1 is 1.26 bits per heavy atom. The summed E-state index contributed by atoms with van der Waals surface area (Å²) < 4.78 is 0. The van der Waals surface area contributed by atoms with Gasteiger partial charge in [-0.2, -0.15) is 0 Å². The van der Waals surface area contributed by atoms with Crippen LogP contribution in [0.4, 0.5) is 0 Å². The standard InChI is InChI=1S/C15H19ClN2O/c16-13-4-1-11(2-5-13)10-18-14-7-8-17-9-12(14)3-6-15(18)19/h1-2,4-5,12,14,17H,3,6-10H2. The molecule has 1 aromatic carbocycles. The predicted octanol–water partition coefficient (Wildman–Crippen LogP) is 2.44. The van der Waals surface area contributed by atoms with E-state index in [1.165, 1.54) is 0 Å². The highest BCUT2D eigenvalue weighted by atomic mass is 35.5. The number of rotatable bonds is 2. The summed E-state index contributed by atoms with van der Waals surface area (Å²) in [6.45, 7) is 2.79. The van der Waals surface area contributed by atoms with Crippen molar-refractivity contribution in [2.45, 2.75) is 31.8 Å². The van der Waals surface area contributed by atoms with Crippen LogP contribution in [0.1, 0.15) is 24.8 Å². The average Bonchev–Trinajstić information content (AvgIpc) is 2.44. The minimum absolute atomic E-state index is 0.304. The summed E-state index contributed by atoms with van der Waals surface area (Å²) in [6, 6.07) is 8.23. The highest BCUT2D eigenvalue weighted by Crippen LogP contribution is 2.29. The van der Waals surface area contributed by atoms with Crippen LogP contribution in [0.3, 0.4) is 0 Å². The smallest absolute Gasteiger partial charge is 0.223 e. The molecule has 102 valence electrons. The SMILES string of the molecule is O=C1CCC2CNCCC2N1Cc1ccc(Cl)cc1. The molecule has 1 N–H and O–H groups in total. The van der Waals surface area contributed by atoms with Crippen molar-refractivity contribution in [3.63, 3.8) is 0 Å². The molecular weight excluding hydrogens is 260 g/mol. The highest BCUT2D eigenvalue weighted by Gasteiger charge is 2.36. The van der Waals surface area contributed by atoms with Gasteiger partial charge in [-0.25, -0.2) is 0 Å². The second-order valence-corrected chi connectivity index (χ2v) is 5.94. The number of nitrogens with zero attached hydrogens (tertiary/aromatic N) is 1. The summed E-state index contributed by atoms with van der Waals surface area (Å²) in [5.74, 6) is 0.928. The number of carbonyl (C=O) groups is 1. The molecule has 2 aliphatic heterocycles. The highest BCUT2D eigenvalue weighted by molar-refractivity contribution is 6.30. The fourth-order valence-corrected chi connectivity index (χ4v) is 3.37. The zero-order valence-corrected chi connectivity index (χ0v) is 11.7. The van der Waals surface area contributed by atoms with Gasteiger partial charge in [0, 0.05) is 24.0 Å². The number of piperidine rings is 2. The van der Waals surface area contributed by atoms with Crippen LogP contribution in [0.2, 0.25) is 5.02 Å². The molecule has 1 amide bonds. The third-order valence-corrected chi connectivity index (χ3v) is 4.54. The van der Waals surface area contributed by atoms with E-state index >= 15 is 0 Å². The van der Waals surface area contributed by atoms with Crippen molar-refractivity contribution >= 4 is 17.5 Å². The largest absolute Gasteiger partial charge is 0.335 e. The van der Waals surface area contributed by atoms with Crippen LogP contribution in [-0.4, -0.2) is 29.9 Å². The van der Waals surface area contributed by atoms with Crippen molar-refractivity contribution in [2.24, 2.45) is 5.92 Å². The van der Waals surface area contributed by atoms with E-state index in [1.807, 2.05) is 24.3 Å². The monoisotopic (exact) mass is 278 g/mol. The number of halogens is 1. The maximum Gasteiger partial charge on any atom is 0.223 e. The van der Waals surface area contributed by atoms with E-state index in [4.69, 9.17) is 11.6 Å². The molecule has 0 radical (unpaired) electrons. The Kier molecular flexibility index (Phi) is 3.76. The van der Waals surface area contributed by atoms with Crippen molar-refractivity contribution < 1.29 is 4.79 Å². The molecule has 19 heavy (non-hydrogen) atoms. The quantitative estimate of drug-likeness (QED) is 0.901. The van der Waals surface area contributed by atoms with Gasteiger partial charge in [0.15, 0.2) is 0 Å². The number of hydrogen-bond acceptors (Lipinski definition) is 2. The minimum Gasteiger partial charge on any atom is -0.335 e. The molecular formula is C15H19ClN2O. The molecule has 2 fully saturated rings. The second kappa shape index (κ2) is 5.51. The molecule has 0 bridgehead atoms. The van der Waals surface area contributed by atoms with Gasteiger partial charge in [0.25, 0.3) is 0 Å². The molecule has 2 unspecified atom stereocenters. The van der Waals surface area contributed by atoms with E-state index in [9.17, 15) is 4.79 Å². The summed E-state index contributed by atoms with van der Waals surface area (Å²) in [6.07, 6.45) is 2.80. The number of likely N-dealkylation sites (tertiary alicyclic amines) is 1. The summed E-state index contributed by atoms with van der Waals surface area (Å²) in [7, 11) is 0. The van der Waals surface area contributed by atoms with E-state index < -0.39 is 0 Å². The Hall–Kier alpha value is -1.06. The Morgan fingerprint density at radius 3 is 2.84 bits per heavy atom. The maximum atomic E-state index is 12.2. The summed E-state index contributed by atoms with van der Waals surface area (Å²) in [5, 5.41) is 4.18. The van der Waals surface area contributed by atoms with Gasteiger partial charge in [-0.15, -0.1) is 0 Å². The summed E-state index contributed by atoms with van der Waals surface area (Å²) >= 11 is 5.90. The van der Waals surface area contributed by atoms with Crippen molar-refractivity contribution in [2.75, 3.05) is 13.1 Å². The number of carbonyl (C=O) groups excluding carboxylic acids is 1. The normalized spacial score (nSPS) is 27.2. The zero-order chi connectivity index (χ0) is 13.2. The maximum absolute atomic E-state index is 12.2. The van der Waals surface area contributed by atoms with Crippen LogP contribution in [0.5, 0.6) is 0 Å².